The predicted octanol–water partition coefficient (Wildman–Crippen LogP) is 7.85. The van der Waals surface area contributed by atoms with Crippen LogP contribution in [0.3, 0.4) is 0 Å². The molecule has 1 unspecified atom stereocenters. The van der Waals surface area contributed by atoms with Crippen molar-refractivity contribution in [2.75, 3.05) is 0 Å². The van der Waals surface area contributed by atoms with Crippen molar-refractivity contribution in [1.82, 2.24) is 0 Å². The van der Waals surface area contributed by atoms with Gasteiger partial charge in [0.15, 0.2) is 0 Å². The van der Waals surface area contributed by atoms with Gasteiger partial charge in [0.1, 0.15) is 0 Å². The van der Waals surface area contributed by atoms with Crippen LogP contribution in [0.4, 0.5) is 0 Å². The van der Waals surface area contributed by atoms with Crippen LogP contribution in [0.1, 0.15) is 80.3 Å². The Bertz CT molecular complexity index is 887. The second-order valence-electron chi connectivity index (χ2n) is 8.04. The predicted molar refractivity (Wildman–Crippen MR) is 123 cm³/mol. The first kappa shape index (κ1) is 21.1. The highest BCUT2D eigenvalue weighted by Gasteiger charge is 2.16. The minimum atomic E-state index is -0.884. The standard InChI is InChI=1S/C27H32O2/c1-3-5-6-8-21-11-18-25(27(28)29)26(19-21)24-16-14-23(15-17-24)22-12-9-20(7-4-2)10-13-22/h6,8,11-12,14-20H,3-5,7,9-10,13H2,1-2H3,(H,28,29)/b8-6+. The quantitative estimate of drug-likeness (QED) is 0.500. The van der Waals surface area contributed by atoms with Gasteiger partial charge < -0.3 is 5.11 Å². The number of unbranched alkanes of at least 4 members (excludes halogenated alkanes) is 1. The number of carboxylic acid groups (broad SMARTS) is 1. The fraction of sp³-hybridized carbons (Fsp3) is 0.370. The van der Waals surface area contributed by atoms with Gasteiger partial charge in [-0.3, -0.25) is 0 Å². The van der Waals surface area contributed by atoms with Gasteiger partial charge in [-0.2, -0.15) is 0 Å². The number of benzene rings is 2. The number of aromatic carboxylic acids is 1. The van der Waals surface area contributed by atoms with E-state index in [-0.39, 0.29) is 0 Å². The first-order valence-corrected chi connectivity index (χ1v) is 11.0. The van der Waals surface area contributed by atoms with Gasteiger partial charge in [-0.05, 0) is 71.6 Å². The molecule has 0 saturated carbocycles. The summed E-state index contributed by atoms with van der Waals surface area (Å²) in [6, 6.07) is 14.0. The van der Waals surface area contributed by atoms with E-state index >= 15 is 0 Å². The maximum absolute atomic E-state index is 11.7. The van der Waals surface area contributed by atoms with Crippen LogP contribution in [-0.4, -0.2) is 11.1 Å². The van der Waals surface area contributed by atoms with Crippen LogP contribution in [0.25, 0.3) is 22.8 Å². The molecule has 0 spiro atoms. The highest BCUT2D eigenvalue weighted by Crippen LogP contribution is 2.34. The Kier molecular flexibility index (Phi) is 7.46. The van der Waals surface area contributed by atoms with Gasteiger partial charge in [-0.25, -0.2) is 4.79 Å². The molecule has 1 atom stereocenters. The Labute approximate surface area is 175 Å². The third-order valence-electron chi connectivity index (χ3n) is 5.82. The Hall–Kier alpha value is -2.61. The number of hydrogen-bond acceptors (Lipinski definition) is 1. The van der Waals surface area contributed by atoms with Crippen LogP contribution in [0, 0.1) is 5.92 Å². The Morgan fingerprint density at radius 3 is 2.45 bits per heavy atom. The molecule has 1 N–H and O–H groups in total. The Morgan fingerprint density at radius 1 is 1.07 bits per heavy atom. The summed E-state index contributed by atoms with van der Waals surface area (Å²) in [5, 5.41) is 9.63. The summed E-state index contributed by atoms with van der Waals surface area (Å²) in [4.78, 5) is 11.7. The van der Waals surface area contributed by atoms with Crippen molar-refractivity contribution in [1.29, 1.82) is 0 Å². The van der Waals surface area contributed by atoms with E-state index in [1.807, 2.05) is 12.1 Å². The van der Waals surface area contributed by atoms with Crippen molar-refractivity contribution in [2.24, 2.45) is 5.92 Å². The molecular formula is C27H32O2. The molecule has 0 heterocycles. The summed E-state index contributed by atoms with van der Waals surface area (Å²) in [6.07, 6.45) is 14.9. The summed E-state index contributed by atoms with van der Waals surface area (Å²) < 4.78 is 0. The van der Waals surface area contributed by atoms with E-state index in [0.717, 1.165) is 41.9 Å². The second kappa shape index (κ2) is 10.2. The molecule has 3 rings (SSSR count). The fourth-order valence-electron chi connectivity index (χ4n) is 4.16. The molecule has 152 valence electrons. The molecule has 2 nitrogen and oxygen atoms in total. The van der Waals surface area contributed by atoms with Gasteiger partial charge in [-0.1, -0.05) is 81.7 Å². The van der Waals surface area contributed by atoms with E-state index in [0.29, 0.717) is 5.56 Å². The van der Waals surface area contributed by atoms with E-state index in [1.165, 1.54) is 36.8 Å². The molecule has 0 aliphatic heterocycles. The summed E-state index contributed by atoms with van der Waals surface area (Å²) >= 11 is 0. The highest BCUT2D eigenvalue weighted by atomic mass is 16.4. The lowest BCUT2D eigenvalue weighted by Crippen LogP contribution is -2.05. The van der Waals surface area contributed by atoms with E-state index in [2.05, 4.69) is 56.3 Å². The topological polar surface area (TPSA) is 37.3 Å². The zero-order valence-corrected chi connectivity index (χ0v) is 17.7. The third kappa shape index (κ3) is 5.47. The maximum atomic E-state index is 11.7. The van der Waals surface area contributed by atoms with Crippen LogP contribution in [0.15, 0.2) is 54.6 Å². The number of hydrogen-bond donors (Lipinski definition) is 1. The van der Waals surface area contributed by atoms with Crippen LogP contribution < -0.4 is 0 Å². The molecule has 0 radical (unpaired) electrons. The molecule has 2 aromatic carbocycles. The molecule has 2 aromatic rings. The molecule has 0 fully saturated rings. The lowest BCUT2D eigenvalue weighted by Gasteiger charge is -2.21. The molecule has 29 heavy (non-hydrogen) atoms. The third-order valence-corrected chi connectivity index (χ3v) is 5.82. The van der Waals surface area contributed by atoms with Gasteiger partial charge in [0.05, 0.1) is 5.56 Å². The SMILES string of the molecule is CCC/C=C/c1ccc(C(=O)O)c(-c2ccc(C3=CCC(CCC)CC3)cc2)c1. The van der Waals surface area contributed by atoms with Crippen molar-refractivity contribution in [3.63, 3.8) is 0 Å². The van der Waals surface area contributed by atoms with Gasteiger partial charge >= 0.3 is 5.97 Å². The molecule has 0 saturated heterocycles. The molecule has 0 bridgehead atoms. The number of rotatable bonds is 8. The van der Waals surface area contributed by atoms with Gasteiger partial charge in [0.2, 0.25) is 0 Å². The summed E-state index contributed by atoms with van der Waals surface area (Å²) in [6.45, 7) is 4.41. The van der Waals surface area contributed by atoms with Crippen molar-refractivity contribution in [3.8, 4) is 11.1 Å². The van der Waals surface area contributed by atoms with E-state index in [9.17, 15) is 9.90 Å². The molecule has 1 aliphatic carbocycles. The molecular weight excluding hydrogens is 356 g/mol. The Morgan fingerprint density at radius 2 is 1.83 bits per heavy atom. The maximum Gasteiger partial charge on any atom is 0.336 e. The minimum absolute atomic E-state index is 0.352. The molecule has 0 amide bonds. The van der Waals surface area contributed by atoms with Crippen molar-refractivity contribution in [3.05, 3.63) is 71.3 Å². The van der Waals surface area contributed by atoms with E-state index in [4.69, 9.17) is 0 Å². The lowest BCUT2D eigenvalue weighted by molar-refractivity contribution is 0.0697. The first-order valence-electron chi connectivity index (χ1n) is 11.0. The van der Waals surface area contributed by atoms with Crippen LogP contribution in [0.5, 0.6) is 0 Å². The van der Waals surface area contributed by atoms with Gasteiger partial charge in [0.25, 0.3) is 0 Å². The Balaban J connectivity index is 1.85. The van der Waals surface area contributed by atoms with Crippen molar-refractivity contribution >= 4 is 17.6 Å². The highest BCUT2D eigenvalue weighted by molar-refractivity contribution is 5.96. The lowest BCUT2D eigenvalue weighted by atomic mass is 9.84. The number of allylic oxidation sites excluding steroid dienone is 3. The molecule has 2 heteroatoms. The first-order chi connectivity index (χ1) is 14.1. The minimum Gasteiger partial charge on any atom is -0.478 e. The van der Waals surface area contributed by atoms with Gasteiger partial charge in [0, 0.05) is 0 Å². The van der Waals surface area contributed by atoms with Crippen molar-refractivity contribution in [2.45, 2.75) is 58.8 Å². The van der Waals surface area contributed by atoms with Gasteiger partial charge in [-0.15, -0.1) is 0 Å². The summed E-state index contributed by atoms with van der Waals surface area (Å²) in [5.74, 6) is -0.0465. The normalized spacial score (nSPS) is 16.8. The van der Waals surface area contributed by atoms with Crippen LogP contribution >= 0.6 is 0 Å². The average molecular weight is 389 g/mol. The summed E-state index contributed by atoms with van der Waals surface area (Å²) in [7, 11) is 0. The molecule has 0 aromatic heterocycles. The average Bonchev–Trinajstić information content (AvgIpc) is 2.75. The number of carboxylic acids is 1. The van der Waals surface area contributed by atoms with Crippen molar-refractivity contribution < 1.29 is 9.90 Å². The summed E-state index contributed by atoms with van der Waals surface area (Å²) in [5.41, 5.74) is 5.82. The second-order valence-corrected chi connectivity index (χ2v) is 8.04. The number of carbonyl (C=O) groups is 1. The smallest absolute Gasteiger partial charge is 0.336 e. The zero-order chi connectivity index (χ0) is 20.6. The fourth-order valence-corrected chi connectivity index (χ4v) is 4.16. The monoisotopic (exact) mass is 388 g/mol. The largest absolute Gasteiger partial charge is 0.478 e. The van der Waals surface area contributed by atoms with E-state index < -0.39 is 5.97 Å². The van der Waals surface area contributed by atoms with Crippen LogP contribution in [0.2, 0.25) is 0 Å². The molecule has 1 aliphatic rings. The van der Waals surface area contributed by atoms with E-state index in [1.54, 1.807) is 6.07 Å². The zero-order valence-electron chi connectivity index (χ0n) is 17.7. The van der Waals surface area contributed by atoms with Crippen LogP contribution in [-0.2, 0) is 0 Å².